The maximum atomic E-state index is 5.55. The lowest BCUT2D eigenvalue weighted by Gasteiger charge is -2.23. The van der Waals surface area contributed by atoms with E-state index in [-0.39, 0.29) is 0 Å². The molecule has 1 saturated carbocycles. The van der Waals surface area contributed by atoms with Crippen molar-refractivity contribution in [3.05, 3.63) is 17.7 Å². The van der Waals surface area contributed by atoms with E-state index in [1.54, 1.807) is 21.3 Å². The third-order valence-electron chi connectivity index (χ3n) is 5.73. The number of ether oxygens (including phenoxy) is 3. The fourth-order valence-corrected chi connectivity index (χ4v) is 4.33. The Hall–Kier alpha value is -2.11. The minimum atomic E-state index is 0.592. The van der Waals surface area contributed by atoms with Crippen molar-refractivity contribution in [1.29, 1.82) is 0 Å². The molecule has 0 aromatic heterocycles. The van der Waals surface area contributed by atoms with Gasteiger partial charge in [-0.15, -0.1) is 0 Å². The highest BCUT2D eigenvalue weighted by atomic mass is 16.5. The van der Waals surface area contributed by atoms with Crippen LogP contribution in [0.4, 0.5) is 0 Å². The third kappa shape index (κ3) is 3.84. The first-order valence-corrected chi connectivity index (χ1v) is 9.44. The number of rotatable bonds is 5. The molecule has 0 spiro atoms. The number of methoxy groups -OCH3 is 3. The smallest absolute Gasteiger partial charge is 0.193 e. The topological polar surface area (TPSA) is 55.3 Å². The normalized spacial score (nSPS) is 22.8. The van der Waals surface area contributed by atoms with Gasteiger partial charge in [0.05, 0.1) is 33.4 Å². The Morgan fingerprint density at radius 3 is 2.08 bits per heavy atom. The van der Waals surface area contributed by atoms with Crippen LogP contribution in [0.15, 0.2) is 17.1 Å². The van der Waals surface area contributed by atoms with E-state index >= 15 is 0 Å². The number of likely N-dealkylation sites (tertiary alicyclic amines) is 1. The fraction of sp³-hybridized carbons (Fsp3) is 0.650. The molecule has 2 fully saturated rings. The summed E-state index contributed by atoms with van der Waals surface area (Å²) in [6.45, 7) is 2.82. The maximum Gasteiger partial charge on any atom is 0.193 e. The number of hydrogen-bond acceptors (Lipinski definition) is 4. The zero-order valence-corrected chi connectivity index (χ0v) is 16.4. The second-order valence-electron chi connectivity index (χ2n) is 7.12. The fourth-order valence-electron chi connectivity index (χ4n) is 4.33. The molecule has 1 heterocycles. The molecule has 0 radical (unpaired) electrons. The highest BCUT2D eigenvalue weighted by molar-refractivity contribution is 5.80. The molecule has 0 bridgehead atoms. The van der Waals surface area contributed by atoms with Gasteiger partial charge in [0.15, 0.2) is 5.96 Å². The summed E-state index contributed by atoms with van der Waals surface area (Å²) in [6, 6.07) is 3.76. The van der Waals surface area contributed by atoms with E-state index in [1.165, 1.54) is 25.7 Å². The van der Waals surface area contributed by atoms with Crippen LogP contribution in [0.3, 0.4) is 0 Å². The molecule has 3 rings (SSSR count). The molecule has 1 aromatic rings. The Morgan fingerprint density at radius 1 is 1.04 bits per heavy atom. The number of benzene rings is 1. The zero-order chi connectivity index (χ0) is 18.5. The van der Waals surface area contributed by atoms with Gasteiger partial charge in [-0.1, -0.05) is 12.8 Å². The molecule has 0 amide bonds. The second kappa shape index (κ2) is 8.52. The van der Waals surface area contributed by atoms with Crippen LogP contribution in [-0.2, 0) is 6.54 Å². The van der Waals surface area contributed by atoms with E-state index in [1.807, 2.05) is 19.2 Å². The molecular weight excluding hydrogens is 330 g/mol. The molecule has 1 aromatic carbocycles. The van der Waals surface area contributed by atoms with Crippen LogP contribution < -0.4 is 19.5 Å². The Labute approximate surface area is 156 Å². The SMILES string of the molecule is CN=C(NCc1c(OC)cc(OC)cc1OC)N1CC2CCCCC2C1. The number of hydrogen-bond donors (Lipinski definition) is 1. The van der Waals surface area contributed by atoms with Crippen molar-refractivity contribution >= 4 is 5.96 Å². The number of nitrogens with zero attached hydrogens (tertiary/aromatic N) is 2. The minimum absolute atomic E-state index is 0.592. The second-order valence-corrected chi connectivity index (χ2v) is 7.12. The summed E-state index contributed by atoms with van der Waals surface area (Å²) in [5, 5.41) is 3.50. The van der Waals surface area contributed by atoms with Crippen LogP contribution in [-0.4, -0.2) is 52.3 Å². The van der Waals surface area contributed by atoms with E-state index < -0.39 is 0 Å². The van der Waals surface area contributed by atoms with Crippen LogP contribution in [0.2, 0.25) is 0 Å². The van der Waals surface area contributed by atoms with Crippen LogP contribution >= 0.6 is 0 Å². The van der Waals surface area contributed by atoms with Gasteiger partial charge in [0.1, 0.15) is 17.2 Å². The number of guanidine groups is 1. The zero-order valence-electron chi connectivity index (χ0n) is 16.4. The standard InChI is InChI=1S/C20H31N3O3/c1-21-20(23-12-14-7-5-6-8-15(14)13-23)22-11-17-18(25-3)9-16(24-2)10-19(17)26-4/h9-10,14-15H,5-8,11-13H2,1-4H3,(H,21,22). The summed E-state index contributed by atoms with van der Waals surface area (Å²) in [6.07, 6.45) is 5.47. The average Bonchev–Trinajstić information content (AvgIpc) is 3.11. The predicted molar refractivity (Wildman–Crippen MR) is 103 cm³/mol. The highest BCUT2D eigenvalue weighted by Gasteiger charge is 2.35. The lowest BCUT2D eigenvalue weighted by molar-refractivity contribution is 0.299. The Bertz CT molecular complexity index is 608. The van der Waals surface area contributed by atoms with Crippen molar-refractivity contribution in [2.45, 2.75) is 32.2 Å². The van der Waals surface area contributed by atoms with Crippen molar-refractivity contribution in [2.75, 3.05) is 41.5 Å². The van der Waals surface area contributed by atoms with Crippen LogP contribution in [0, 0.1) is 11.8 Å². The van der Waals surface area contributed by atoms with Gasteiger partial charge in [-0.05, 0) is 24.7 Å². The minimum Gasteiger partial charge on any atom is -0.496 e. The summed E-state index contributed by atoms with van der Waals surface area (Å²) in [5.74, 6) is 4.83. The van der Waals surface area contributed by atoms with E-state index in [2.05, 4.69) is 15.2 Å². The third-order valence-corrected chi connectivity index (χ3v) is 5.73. The monoisotopic (exact) mass is 361 g/mol. The van der Waals surface area contributed by atoms with Gasteiger partial charge in [-0.3, -0.25) is 4.99 Å². The summed E-state index contributed by atoms with van der Waals surface area (Å²) >= 11 is 0. The summed E-state index contributed by atoms with van der Waals surface area (Å²) in [4.78, 5) is 6.92. The van der Waals surface area contributed by atoms with Gasteiger partial charge in [0, 0.05) is 32.3 Å². The summed E-state index contributed by atoms with van der Waals surface area (Å²) in [5.41, 5.74) is 0.966. The van der Waals surface area contributed by atoms with E-state index in [0.29, 0.717) is 6.54 Å². The van der Waals surface area contributed by atoms with Gasteiger partial charge in [0.2, 0.25) is 0 Å². The van der Waals surface area contributed by atoms with Crippen molar-refractivity contribution in [3.63, 3.8) is 0 Å². The molecule has 144 valence electrons. The molecule has 2 unspecified atom stereocenters. The molecular formula is C20H31N3O3. The first-order valence-electron chi connectivity index (χ1n) is 9.44. The van der Waals surface area contributed by atoms with Gasteiger partial charge in [0.25, 0.3) is 0 Å². The molecule has 6 heteroatoms. The average molecular weight is 361 g/mol. The van der Waals surface area contributed by atoms with Crippen molar-refractivity contribution < 1.29 is 14.2 Å². The maximum absolute atomic E-state index is 5.55. The highest BCUT2D eigenvalue weighted by Crippen LogP contribution is 2.36. The van der Waals surface area contributed by atoms with Gasteiger partial charge >= 0.3 is 0 Å². The van der Waals surface area contributed by atoms with Crippen LogP contribution in [0.5, 0.6) is 17.2 Å². The predicted octanol–water partition coefficient (Wildman–Crippen LogP) is 2.91. The van der Waals surface area contributed by atoms with Crippen LogP contribution in [0.1, 0.15) is 31.2 Å². The quantitative estimate of drug-likeness (QED) is 0.646. The van der Waals surface area contributed by atoms with E-state index in [4.69, 9.17) is 14.2 Å². The molecule has 26 heavy (non-hydrogen) atoms. The first-order chi connectivity index (χ1) is 12.7. The van der Waals surface area contributed by atoms with Crippen molar-refractivity contribution in [2.24, 2.45) is 16.8 Å². The summed E-state index contributed by atoms with van der Waals surface area (Å²) < 4.78 is 16.4. The lowest BCUT2D eigenvalue weighted by atomic mass is 9.82. The number of aliphatic imine (C=N–C) groups is 1. The van der Waals surface area contributed by atoms with Crippen molar-refractivity contribution in [1.82, 2.24) is 10.2 Å². The molecule has 1 N–H and O–H groups in total. The Morgan fingerprint density at radius 2 is 1.62 bits per heavy atom. The molecule has 1 aliphatic carbocycles. The van der Waals surface area contributed by atoms with E-state index in [0.717, 1.165) is 53.7 Å². The van der Waals surface area contributed by atoms with Crippen LogP contribution in [0.25, 0.3) is 0 Å². The largest absolute Gasteiger partial charge is 0.496 e. The first kappa shape index (κ1) is 18.7. The summed E-state index contributed by atoms with van der Waals surface area (Å²) in [7, 11) is 6.82. The lowest BCUT2D eigenvalue weighted by Crippen LogP contribution is -2.40. The van der Waals surface area contributed by atoms with Gasteiger partial charge in [-0.25, -0.2) is 0 Å². The molecule has 2 aliphatic rings. The Kier molecular flexibility index (Phi) is 6.12. The molecule has 1 saturated heterocycles. The molecule has 2 atom stereocenters. The Balaban J connectivity index is 1.71. The number of nitrogens with one attached hydrogen (secondary N) is 1. The van der Waals surface area contributed by atoms with Crippen molar-refractivity contribution in [3.8, 4) is 17.2 Å². The molecule has 6 nitrogen and oxygen atoms in total. The van der Waals surface area contributed by atoms with Gasteiger partial charge < -0.3 is 24.4 Å². The number of fused-ring (bicyclic) bond motifs is 1. The van der Waals surface area contributed by atoms with Gasteiger partial charge in [-0.2, -0.15) is 0 Å². The van der Waals surface area contributed by atoms with E-state index in [9.17, 15) is 0 Å². The molecule has 1 aliphatic heterocycles.